The molecule has 2 aromatic carbocycles. The second kappa shape index (κ2) is 10.7. The molecule has 1 unspecified atom stereocenters. The number of para-hydroxylation sites is 1. The number of aliphatic imine (C=N–C) groups is 1. The van der Waals surface area contributed by atoms with Crippen LogP contribution in [0.15, 0.2) is 59.6 Å². The number of hydrogen-bond acceptors (Lipinski definition) is 3. The zero-order valence-corrected chi connectivity index (χ0v) is 16.9. The molecule has 1 saturated heterocycles. The molecule has 0 saturated carbocycles. The topological polar surface area (TPSA) is 46.1 Å². The van der Waals surface area contributed by atoms with Crippen LogP contribution in [0, 0.1) is 5.92 Å². The molecule has 150 valence electrons. The van der Waals surface area contributed by atoms with Gasteiger partial charge in [-0.25, -0.2) is 4.99 Å². The summed E-state index contributed by atoms with van der Waals surface area (Å²) in [7, 11) is 1.77. The van der Waals surface area contributed by atoms with E-state index in [2.05, 4.69) is 41.4 Å². The molecule has 1 fully saturated rings. The van der Waals surface area contributed by atoms with Crippen LogP contribution in [-0.4, -0.2) is 44.2 Å². The summed E-state index contributed by atoms with van der Waals surface area (Å²) in [6.45, 7) is 7.06. The SMILES string of the molecule is CCNC(=NCc1cccc(COc2ccccc2)c1)N1CCC(COC)C1. The Morgan fingerprint density at radius 2 is 1.96 bits per heavy atom. The normalized spacial score (nSPS) is 17.0. The van der Waals surface area contributed by atoms with Gasteiger partial charge >= 0.3 is 0 Å². The highest BCUT2D eigenvalue weighted by Gasteiger charge is 2.24. The highest BCUT2D eigenvalue weighted by Crippen LogP contribution is 2.17. The van der Waals surface area contributed by atoms with Crippen LogP contribution >= 0.6 is 0 Å². The lowest BCUT2D eigenvalue weighted by molar-refractivity contribution is 0.157. The number of methoxy groups -OCH3 is 1. The molecule has 5 nitrogen and oxygen atoms in total. The molecule has 0 aromatic heterocycles. The van der Waals surface area contributed by atoms with Crippen LogP contribution in [-0.2, 0) is 17.9 Å². The molecular weight excluding hydrogens is 350 g/mol. The number of likely N-dealkylation sites (tertiary alicyclic amines) is 1. The zero-order valence-electron chi connectivity index (χ0n) is 16.9. The number of ether oxygens (including phenoxy) is 2. The summed E-state index contributed by atoms with van der Waals surface area (Å²) in [5.41, 5.74) is 2.35. The number of rotatable bonds is 8. The van der Waals surface area contributed by atoms with Crippen LogP contribution < -0.4 is 10.1 Å². The maximum Gasteiger partial charge on any atom is 0.194 e. The van der Waals surface area contributed by atoms with Crippen molar-refractivity contribution in [3.05, 3.63) is 65.7 Å². The van der Waals surface area contributed by atoms with Gasteiger partial charge in [-0.15, -0.1) is 0 Å². The number of nitrogens with zero attached hydrogens (tertiary/aromatic N) is 2. The lowest BCUT2D eigenvalue weighted by Gasteiger charge is -2.21. The quantitative estimate of drug-likeness (QED) is 0.559. The summed E-state index contributed by atoms with van der Waals surface area (Å²) in [5.74, 6) is 2.47. The van der Waals surface area contributed by atoms with Crippen molar-refractivity contribution in [3.63, 3.8) is 0 Å². The van der Waals surface area contributed by atoms with Crippen molar-refractivity contribution in [3.8, 4) is 5.75 Å². The van der Waals surface area contributed by atoms with Gasteiger partial charge in [-0.3, -0.25) is 0 Å². The lowest BCUT2D eigenvalue weighted by atomic mass is 10.1. The number of guanidine groups is 1. The van der Waals surface area contributed by atoms with E-state index in [9.17, 15) is 0 Å². The molecule has 0 bridgehead atoms. The summed E-state index contributed by atoms with van der Waals surface area (Å²) < 4.78 is 11.2. The first kappa shape index (κ1) is 20.2. The predicted octanol–water partition coefficient (Wildman–Crippen LogP) is 3.70. The van der Waals surface area contributed by atoms with E-state index in [-0.39, 0.29) is 0 Å². The van der Waals surface area contributed by atoms with Gasteiger partial charge in [0, 0.05) is 32.7 Å². The molecule has 0 spiro atoms. The first-order valence-electron chi connectivity index (χ1n) is 10.1. The molecule has 1 heterocycles. The first-order valence-corrected chi connectivity index (χ1v) is 10.1. The van der Waals surface area contributed by atoms with Gasteiger partial charge in [-0.1, -0.05) is 42.5 Å². The Morgan fingerprint density at radius 3 is 2.75 bits per heavy atom. The van der Waals surface area contributed by atoms with Crippen molar-refractivity contribution in [2.75, 3.05) is 33.4 Å². The van der Waals surface area contributed by atoms with Gasteiger partial charge in [0.2, 0.25) is 0 Å². The zero-order chi connectivity index (χ0) is 19.6. The Bertz CT molecular complexity index is 749. The molecule has 5 heteroatoms. The summed E-state index contributed by atoms with van der Waals surface area (Å²) in [4.78, 5) is 7.21. The summed E-state index contributed by atoms with van der Waals surface area (Å²) >= 11 is 0. The Labute approximate surface area is 168 Å². The van der Waals surface area contributed by atoms with Gasteiger partial charge < -0.3 is 19.7 Å². The minimum atomic E-state index is 0.562. The van der Waals surface area contributed by atoms with E-state index in [1.165, 1.54) is 5.56 Å². The summed E-state index contributed by atoms with van der Waals surface area (Å²) in [6.07, 6.45) is 1.16. The van der Waals surface area contributed by atoms with Gasteiger partial charge in [0.15, 0.2) is 5.96 Å². The fourth-order valence-electron chi connectivity index (χ4n) is 3.49. The average molecular weight is 382 g/mol. The van der Waals surface area contributed by atoms with E-state index in [1.54, 1.807) is 7.11 Å². The predicted molar refractivity (Wildman–Crippen MR) is 114 cm³/mol. The van der Waals surface area contributed by atoms with E-state index < -0.39 is 0 Å². The first-order chi connectivity index (χ1) is 13.8. The number of nitrogens with one attached hydrogen (secondary N) is 1. The van der Waals surface area contributed by atoms with Gasteiger partial charge in [-0.05, 0) is 36.6 Å². The maximum absolute atomic E-state index is 5.86. The van der Waals surface area contributed by atoms with Crippen LogP contribution in [0.25, 0.3) is 0 Å². The highest BCUT2D eigenvalue weighted by atomic mass is 16.5. The van der Waals surface area contributed by atoms with Crippen LogP contribution in [0.3, 0.4) is 0 Å². The van der Waals surface area contributed by atoms with Crippen molar-refractivity contribution in [1.29, 1.82) is 0 Å². The van der Waals surface area contributed by atoms with E-state index >= 15 is 0 Å². The molecule has 0 aliphatic carbocycles. The second-order valence-electron chi connectivity index (χ2n) is 7.15. The third kappa shape index (κ3) is 5.99. The molecule has 1 N–H and O–H groups in total. The largest absolute Gasteiger partial charge is 0.489 e. The monoisotopic (exact) mass is 381 g/mol. The molecule has 28 heavy (non-hydrogen) atoms. The fourth-order valence-corrected chi connectivity index (χ4v) is 3.49. The van der Waals surface area contributed by atoms with E-state index in [4.69, 9.17) is 14.5 Å². The molecule has 1 aliphatic rings. The highest BCUT2D eigenvalue weighted by molar-refractivity contribution is 5.80. The molecule has 1 aliphatic heterocycles. The third-order valence-corrected chi connectivity index (χ3v) is 4.87. The Morgan fingerprint density at radius 1 is 1.14 bits per heavy atom. The van der Waals surface area contributed by atoms with Crippen molar-refractivity contribution in [1.82, 2.24) is 10.2 Å². The Kier molecular flexibility index (Phi) is 7.73. The van der Waals surface area contributed by atoms with Gasteiger partial charge in [0.1, 0.15) is 12.4 Å². The standard InChI is InChI=1S/C23H31N3O2/c1-3-24-23(26-13-12-21(16-26)17-27-2)25-15-19-8-7-9-20(14-19)18-28-22-10-5-4-6-11-22/h4-11,14,21H,3,12-13,15-18H2,1-2H3,(H,24,25). The smallest absolute Gasteiger partial charge is 0.194 e. The maximum atomic E-state index is 5.86. The summed E-state index contributed by atoms with van der Waals surface area (Å²) in [5, 5.41) is 3.43. The third-order valence-electron chi connectivity index (χ3n) is 4.87. The van der Waals surface area contributed by atoms with E-state index in [0.717, 1.165) is 49.9 Å². The summed E-state index contributed by atoms with van der Waals surface area (Å²) in [6, 6.07) is 18.4. The van der Waals surface area contributed by atoms with Crippen molar-refractivity contribution < 1.29 is 9.47 Å². The number of hydrogen-bond donors (Lipinski definition) is 1. The van der Waals surface area contributed by atoms with Crippen molar-refractivity contribution in [2.24, 2.45) is 10.9 Å². The molecule has 3 rings (SSSR count). The second-order valence-corrected chi connectivity index (χ2v) is 7.15. The van der Waals surface area contributed by atoms with Crippen LogP contribution in [0.1, 0.15) is 24.5 Å². The fraction of sp³-hybridized carbons (Fsp3) is 0.435. The lowest BCUT2D eigenvalue weighted by Crippen LogP contribution is -2.40. The van der Waals surface area contributed by atoms with Crippen LogP contribution in [0.5, 0.6) is 5.75 Å². The van der Waals surface area contributed by atoms with Crippen LogP contribution in [0.2, 0.25) is 0 Å². The Balaban J connectivity index is 1.59. The molecule has 1 atom stereocenters. The Hall–Kier alpha value is -2.53. The van der Waals surface area contributed by atoms with Crippen LogP contribution in [0.4, 0.5) is 0 Å². The molecule has 0 radical (unpaired) electrons. The molecule has 2 aromatic rings. The van der Waals surface area contributed by atoms with Gasteiger partial charge in [-0.2, -0.15) is 0 Å². The minimum Gasteiger partial charge on any atom is -0.489 e. The number of benzene rings is 2. The molecular formula is C23H31N3O2. The average Bonchev–Trinajstić information content (AvgIpc) is 3.19. The van der Waals surface area contributed by atoms with Crippen molar-refractivity contribution >= 4 is 5.96 Å². The van der Waals surface area contributed by atoms with Gasteiger partial charge in [0.25, 0.3) is 0 Å². The minimum absolute atomic E-state index is 0.562. The molecule has 0 amide bonds. The van der Waals surface area contributed by atoms with E-state index in [0.29, 0.717) is 19.1 Å². The van der Waals surface area contributed by atoms with Gasteiger partial charge in [0.05, 0.1) is 13.2 Å². The van der Waals surface area contributed by atoms with E-state index in [1.807, 2.05) is 30.3 Å². The van der Waals surface area contributed by atoms with Crippen molar-refractivity contribution in [2.45, 2.75) is 26.5 Å².